The lowest BCUT2D eigenvalue weighted by molar-refractivity contribution is -0.313. The maximum Gasteiger partial charge on any atom is 0.227 e. The van der Waals surface area contributed by atoms with Gasteiger partial charge >= 0.3 is 0 Å². The number of hydrazine groups is 1. The number of aliphatic imine (C=N–C) groups is 2. The zero-order valence-corrected chi connectivity index (χ0v) is 32.0. The van der Waals surface area contributed by atoms with Crippen molar-refractivity contribution in [3.05, 3.63) is 12.2 Å². The number of guanidine groups is 2. The molecule has 0 radical (unpaired) electrons. The highest BCUT2D eigenvalue weighted by Crippen LogP contribution is 2.42. The van der Waals surface area contributed by atoms with Crippen molar-refractivity contribution in [2.45, 2.75) is 192 Å². The quantitative estimate of drug-likeness (QED) is 0.141. The molecule has 3 aliphatic heterocycles. The molecule has 3 heterocycles. The van der Waals surface area contributed by atoms with E-state index < -0.39 is 6.29 Å². The highest BCUT2D eigenvalue weighted by Gasteiger charge is 2.50. The molecule has 280 valence electrons. The standard InChI is InChI=1S/C37H69N9O3/c1-26(2)31-22-27(23-35(3,4)45(31)48-29-16-12-10-13-17-29)43(9)33-40-32(39-20-21-47)41-34(42-33)44(38)28-24-36(5,6)46(37(7,8)25-28)49-30-18-14-11-15-19-30/h27-32,39,47H,1,10-25,38H2,2-9H3,(H,40,41,42). The number of hydroxylamine groups is 4. The Morgan fingerprint density at radius 2 is 1.47 bits per heavy atom. The van der Waals surface area contributed by atoms with Gasteiger partial charge in [-0.2, -0.15) is 15.1 Å². The van der Waals surface area contributed by atoms with Crippen LogP contribution in [-0.2, 0) is 9.68 Å². The molecule has 3 unspecified atom stereocenters. The molecule has 3 atom stereocenters. The Kier molecular flexibility index (Phi) is 12.4. The van der Waals surface area contributed by atoms with Crippen LogP contribution < -0.4 is 16.5 Å². The summed E-state index contributed by atoms with van der Waals surface area (Å²) in [7, 11) is 2.09. The lowest BCUT2D eigenvalue weighted by Gasteiger charge is -2.56. The van der Waals surface area contributed by atoms with Gasteiger partial charge in [0.2, 0.25) is 11.9 Å². The smallest absolute Gasteiger partial charge is 0.227 e. The predicted molar refractivity (Wildman–Crippen MR) is 197 cm³/mol. The lowest BCUT2D eigenvalue weighted by atomic mass is 9.78. The Balaban J connectivity index is 1.34. The van der Waals surface area contributed by atoms with Crippen molar-refractivity contribution < 1.29 is 14.8 Å². The second-order valence-electron chi connectivity index (χ2n) is 17.4. The topological polar surface area (TPSA) is 126 Å². The van der Waals surface area contributed by atoms with Crippen LogP contribution >= 0.6 is 0 Å². The van der Waals surface area contributed by atoms with Crippen LogP contribution in [-0.4, -0.2) is 111 Å². The molecule has 0 spiro atoms. The van der Waals surface area contributed by atoms with Gasteiger partial charge in [0.25, 0.3) is 0 Å². The van der Waals surface area contributed by atoms with Gasteiger partial charge in [0.05, 0.1) is 30.9 Å². The summed E-state index contributed by atoms with van der Waals surface area (Å²) < 4.78 is 0. The van der Waals surface area contributed by atoms with E-state index in [9.17, 15) is 5.11 Å². The van der Waals surface area contributed by atoms with Crippen LogP contribution in [0.15, 0.2) is 22.1 Å². The maximum atomic E-state index is 9.64. The summed E-state index contributed by atoms with van der Waals surface area (Å²) in [5.74, 6) is 8.24. The van der Waals surface area contributed by atoms with Crippen molar-refractivity contribution in [2.75, 3.05) is 20.2 Å². The van der Waals surface area contributed by atoms with E-state index in [1.807, 2.05) is 5.01 Å². The second kappa shape index (κ2) is 15.8. The van der Waals surface area contributed by atoms with Crippen molar-refractivity contribution >= 4 is 11.9 Å². The van der Waals surface area contributed by atoms with E-state index in [0.29, 0.717) is 18.5 Å². The predicted octanol–water partition coefficient (Wildman–Crippen LogP) is 5.01. The summed E-state index contributed by atoms with van der Waals surface area (Å²) in [5, 5.41) is 22.7. The Labute approximate surface area is 296 Å². The Morgan fingerprint density at radius 1 is 0.918 bits per heavy atom. The average Bonchev–Trinajstić information content (AvgIpc) is 3.05. The van der Waals surface area contributed by atoms with Gasteiger partial charge in [-0.05, 0) is 99.8 Å². The molecule has 2 saturated heterocycles. The summed E-state index contributed by atoms with van der Waals surface area (Å²) in [5.41, 5.74) is 0.446. The van der Waals surface area contributed by atoms with Gasteiger partial charge in [0.1, 0.15) is 0 Å². The van der Waals surface area contributed by atoms with E-state index in [2.05, 4.69) is 87.8 Å². The molecule has 0 aromatic rings. The SMILES string of the molecule is C=C(C)C1CC(N(C)C2=NC(NCCO)NC(N(N)C3CC(C)(C)N(OC4CCCCC4)C(C)(C)C3)=N2)CC(C)(C)N1OC1CCCCC1. The Morgan fingerprint density at radius 3 is 2.02 bits per heavy atom. The maximum absolute atomic E-state index is 9.64. The summed E-state index contributed by atoms with van der Waals surface area (Å²) in [6, 6.07) is 0.272. The number of piperidine rings is 2. The van der Waals surface area contributed by atoms with Gasteiger partial charge in [0.15, 0.2) is 6.29 Å². The van der Waals surface area contributed by atoms with Gasteiger partial charge in [-0.1, -0.05) is 50.7 Å². The minimum absolute atomic E-state index is 0.00740. The van der Waals surface area contributed by atoms with Gasteiger partial charge in [-0.25, -0.2) is 10.8 Å². The summed E-state index contributed by atoms with van der Waals surface area (Å²) in [4.78, 5) is 25.8. The fourth-order valence-electron chi connectivity index (χ4n) is 9.14. The number of nitrogens with one attached hydrogen (secondary N) is 2. The van der Waals surface area contributed by atoms with E-state index in [0.717, 1.165) is 56.9 Å². The van der Waals surface area contributed by atoms with Gasteiger partial charge in [-0.3, -0.25) is 20.0 Å². The number of rotatable bonds is 10. The molecule has 0 aromatic heterocycles. The fraction of sp³-hybridized carbons (Fsp3) is 0.892. The van der Waals surface area contributed by atoms with Crippen molar-refractivity contribution in [1.82, 2.24) is 30.7 Å². The molecule has 2 saturated carbocycles. The number of aliphatic hydroxyl groups excluding tert-OH is 1. The van der Waals surface area contributed by atoms with Gasteiger partial charge in [-0.15, -0.1) is 0 Å². The van der Waals surface area contributed by atoms with E-state index >= 15 is 0 Å². The number of nitrogens with two attached hydrogens (primary N) is 1. The van der Waals surface area contributed by atoms with Crippen LogP contribution in [0.25, 0.3) is 0 Å². The van der Waals surface area contributed by atoms with Crippen molar-refractivity contribution in [3.63, 3.8) is 0 Å². The molecule has 2 aliphatic carbocycles. The Hall–Kier alpha value is -1.80. The van der Waals surface area contributed by atoms with Crippen LogP contribution in [0, 0.1) is 0 Å². The van der Waals surface area contributed by atoms with Crippen molar-refractivity contribution in [1.29, 1.82) is 0 Å². The number of hydrogen-bond donors (Lipinski definition) is 4. The minimum atomic E-state index is -0.474. The first-order valence-corrected chi connectivity index (χ1v) is 19.2. The molecule has 4 fully saturated rings. The summed E-state index contributed by atoms with van der Waals surface area (Å²) in [6.45, 7) is 20.6. The number of hydrogen-bond acceptors (Lipinski definition) is 12. The molecule has 12 nitrogen and oxygen atoms in total. The minimum Gasteiger partial charge on any atom is -0.395 e. The summed E-state index contributed by atoms with van der Waals surface area (Å²) >= 11 is 0. The number of nitrogens with zero attached hydrogens (tertiary/aromatic N) is 6. The lowest BCUT2D eigenvalue weighted by Crippen LogP contribution is -2.68. The molecule has 5 aliphatic rings. The first-order valence-electron chi connectivity index (χ1n) is 19.2. The molecule has 5 rings (SSSR count). The molecular weight excluding hydrogens is 618 g/mol. The zero-order valence-electron chi connectivity index (χ0n) is 32.0. The monoisotopic (exact) mass is 688 g/mol. The number of aliphatic hydroxyl groups is 1. The second-order valence-corrected chi connectivity index (χ2v) is 17.4. The molecule has 0 aromatic carbocycles. The molecular formula is C37H69N9O3. The first kappa shape index (κ1) is 38.4. The van der Waals surface area contributed by atoms with Gasteiger partial charge < -0.3 is 15.3 Å². The zero-order chi connectivity index (χ0) is 35.6. The highest BCUT2D eigenvalue weighted by molar-refractivity contribution is 5.96. The van der Waals surface area contributed by atoms with Crippen LogP contribution in [0.1, 0.15) is 138 Å². The van der Waals surface area contributed by atoms with E-state index in [1.54, 1.807) is 0 Å². The van der Waals surface area contributed by atoms with E-state index in [1.165, 1.54) is 38.5 Å². The van der Waals surface area contributed by atoms with Crippen LogP contribution in [0.5, 0.6) is 0 Å². The molecule has 49 heavy (non-hydrogen) atoms. The molecule has 5 N–H and O–H groups in total. The average molecular weight is 688 g/mol. The van der Waals surface area contributed by atoms with E-state index in [4.69, 9.17) is 25.5 Å². The molecule has 0 amide bonds. The molecule has 0 bridgehead atoms. The van der Waals surface area contributed by atoms with Gasteiger partial charge in [0, 0.05) is 36.3 Å². The van der Waals surface area contributed by atoms with E-state index in [-0.39, 0.29) is 53.6 Å². The van der Waals surface area contributed by atoms with Crippen molar-refractivity contribution in [3.8, 4) is 0 Å². The van der Waals surface area contributed by atoms with Crippen molar-refractivity contribution in [2.24, 2.45) is 15.8 Å². The third-order valence-electron chi connectivity index (χ3n) is 11.5. The Bertz CT molecular complexity index is 1160. The highest BCUT2D eigenvalue weighted by atomic mass is 16.7. The largest absolute Gasteiger partial charge is 0.395 e. The normalized spacial score (nSPS) is 30.3. The third-order valence-corrected chi connectivity index (χ3v) is 11.5. The van der Waals surface area contributed by atoms with Crippen LogP contribution in [0.2, 0.25) is 0 Å². The first-order chi connectivity index (χ1) is 23.1. The third kappa shape index (κ3) is 9.17. The van der Waals surface area contributed by atoms with Crippen LogP contribution in [0.3, 0.4) is 0 Å². The molecule has 12 heteroatoms. The fourth-order valence-corrected chi connectivity index (χ4v) is 9.14. The van der Waals surface area contributed by atoms with Crippen LogP contribution in [0.4, 0.5) is 0 Å². The summed E-state index contributed by atoms with van der Waals surface area (Å²) in [6.07, 6.45) is 15.6.